The van der Waals surface area contributed by atoms with Gasteiger partial charge in [-0.05, 0) is 37.5 Å². The van der Waals surface area contributed by atoms with Crippen molar-refractivity contribution in [3.8, 4) is 0 Å². The van der Waals surface area contributed by atoms with Gasteiger partial charge in [-0.2, -0.15) is 0 Å². The lowest BCUT2D eigenvalue weighted by atomic mass is 10.0. The van der Waals surface area contributed by atoms with Gasteiger partial charge in [0.15, 0.2) is 0 Å². The summed E-state index contributed by atoms with van der Waals surface area (Å²) in [4.78, 5) is 16.0. The van der Waals surface area contributed by atoms with Crippen molar-refractivity contribution in [1.29, 1.82) is 0 Å². The lowest BCUT2D eigenvalue weighted by Crippen LogP contribution is -2.02. The Hall–Kier alpha value is -1.42. The van der Waals surface area contributed by atoms with Crippen molar-refractivity contribution in [3.05, 3.63) is 39.5 Å². The standard InChI is InChI=1S/C14H12BrNO2/c1-7-11(15)5-4-9-10(14(17)18)6-12(8-2-3-8)16-13(7)9/h4-6,8H,2-3H2,1H3,(H,17,18). The molecular formula is C14H12BrNO2. The van der Waals surface area contributed by atoms with Gasteiger partial charge in [-0.15, -0.1) is 0 Å². The summed E-state index contributed by atoms with van der Waals surface area (Å²) in [6, 6.07) is 5.43. The van der Waals surface area contributed by atoms with Crippen LogP contribution in [0.5, 0.6) is 0 Å². The van der Waals surface area contributed by atoms with Crippen LogP contribution >= 0.6 is 15.9 Å². The maximum Gasteiger partial charge on any atom is 0.336 e. The number of rotatable bonds is 2. The molecule has 1 heterocycles. The SMILES string of the molecule is Cc1c(Br)ccc2c(C(=O)O)cc(C3CC3)nc12. The second-order valence-corrected chi connectivity index (χ2v) is 5.60. The maximum atomic E-state index is 11.4. The molecule has 0 saturated heterocycles. The lowest BCUT2D eigenvalue weighted by molar-refractivity contribution is 0.0699. The molecule has 2 aromatic rings. The highest BCUT2D eigenvalue weighted by Crippen LogP contribution is 2.40. The predicted molar refractivity (Wildman–Crippen MR) is 73.1 cm³/mol. The van der Waals surface area contributed by atoms with Crippen LogP contribution in [0, 0.1) is 6.92 Å². The highest BCUT2D eigenvalue weighted by atomic mass is 79.9. The molecule has 0 unspecified atom stereocenters. The minimum atomic E-state index is -0.883. The summed E-state index contributed by atoms with van der Waals surface area (Å²) in [6.45, 7) is 1.96. The number of carboxylic acids is 1. The smallest absolute Gasteiger partial charge is 0.336 e. The van der Waals surface area contributed by atoms with E-state index in [-0.39, 0.29) is 0 Å². The second kappa shape index (κ2) is 4.05. The fraction of sp³-hybridized carbons (Fsp3) is 0.286. The number of hydrogen-bond acceptors (Lipinski definition) is 2. The van der Waals surface area contributed by atoms with Crippen molar-refractivity contribution in [2.24, 2.45) is 0 Å². The van der Waals surface area contributed by atoms with Gasteiger partial charge >= 0.3 is 5.97 Å². The van der Waals surface area contributed by atoms with Crippen LogP contribution in [0.15, 0.2) is 22.7 Å². The normalized spacial score (nSPS) is 15.0. The predicted octanol–water partition coefficient (Wildman–Crippen LogP) is 3.88. The topological polar surface area (TPSA) is 50.2 Å². The van der Waals surface area contributed by atoms with Crippen molar-refractivity contribution in [2.45, 2.75) is 25.7 Å². The molecule has 3 nitrogen and oxygen atoms in total. The second-order valence-electron chi connectivity index (χ2n) is 4.74. The van der Waals surface area contributed by atoms with Gasteiger partial charge in [0.1, 0.15) is 0 Å². The number of aryl methyl sites for hydroxylation is 1. The van der Waals surface area contributed by atoms with Crippen LogP contribution in [0.1, 0.15) is 40.4 Å². The summed E-state index contributed by atoms with van der Waals surface area (Å²) in [6.07, 6.45) is 2.23. The van der Waals surface area contributed by atoms with Crippen LogP contribution in [0.25, 0.3) is 10.9 Å². The zero-order chi connectivity index (χ0) is 12.9. The number of fused-ring (bicyclic) bond motifs is 1. The molecule has 0 bridgehead atoms. The van der Waals surface area contributed by atoms with E-state index in [1.807, 2.05) is 19.1 Å². The number of benzene rings is 1. The molecule has 1 aromatic carbocycles. The monoisotopic (exact) mass is 305 g/mol. The number of hydrogen-bond donors (Lipinski definition) is 1. The van der Waals surface area contributed by atoms with Crippen molar-refractivity contribution < 1.29 is 9.90 Å². The number of aromatic nitrogens is 1. The molecule has 92 valence electrons. The summed E-state index contributed by atoms with van der Waals surface area (Å²) in [7, 11) is 0. The van der Waals surface area contributed by atoms with Crippen LogP contribution in [-0.2, 0) is 0 Å². The number of carboxylic acid groups (broad SMARTS) is 1. The summed E-state index contributed by atoms with van der Waals surface area (Å²) in [5, 5.41) is 10.0. The molecule has 0 radical (unpaired) electrons. The molecule has 1 fully saturated rings. The van der Waals surface area contributed by atoms with Gasteiger partial charge in [0.25, 0.3) is 0 Å². The molecule has 1 saturated carbocycles. The third kappa shape index (κ3) is 1.81. The van der Waals surface area contributed by atoms with Crippen molar-refractivity contribution >= 4 is 32.8 Å². The van der Waals surface area contributed by atoms with Gasteiger partial charge in [-0.1, -0.05) is 22.0 Å². The van der Waals surface area contributed by atoms with E-state index < -0.39 is 5.97 Å². The molecular weight excluding hydrogens is 294 g/mol. The van der Waals surface area contributed by atoms with Gasteiger partial charge in [0.05, 0.1) is 11.1 Å². The van der Waals surface area contributed by atoms with Gasteiger partial charge < -0.3 is 5.11 Å². The van der Waals surface area contributed by atoms with Crippen LogP contribution in [-0.4, -0.2) is 16.1 Å². The van der Waals surface area contributed by atoms with Gasteiger partial charge in [-0.3, -0.25) is 4.98 Å². The number of carbonyl (C=O) groups is 1. The van der Waals surface area contributed by atoms with Crippen molar-refractivity contribution in [3.63, 3.8) is 0 Å². The average Bonchev–Trinajstić information content (AvgIpc) is 3.17. The number of aromatic carboxylic acids is 1. The lowest BCUT2D eigenvalue weighted by Gasteiger charge is -2.09. The molecule has 18 heavy (non-hydrogen) atoms. The minimum Gasteiger partial charge on any atom is -0.478 e. The van der Waals surface area contributed by atoms with E-state index in [0.717, 1.165) is 34.1 Å². The van der Waals surface area contributed by atoms with Gasteiger partial charge in [0.2, 0.25) is 0 Å². The first kappa shape index (κ1) is 11.7. The molecule has 1 N–H and O–H groups in total. The van der Waals surface area contributed by atoms with Crippen molar-refractivity contribution in [1.82, 2.24) is 4.98 Å². The molecule has 4 heteroatoms. The quantitative estimate of drug-likeness (QED) is 0.916. The molecule has 3 rings (SSSR count). The first-order valence-electron chi connectivity index (χ1n) is 5.91. The summed E-state index contributed by atoms with van der Waals surface area (Å²) >= 11 is 3.47. The summed E-state index contributed by atoms with van der Waals surface area (Å²) in [5.41, 5.74) is 3.07. The Morgan fingerprint density at radius 3 is 2.78 bits per heavy atom. The molecule has 1 aliphatic rings. The molecule has 1 aromatic heterocycles. The van der Waals surface area contributed by atoms with E-state index in [4.69, 9.17) is 0 Å². The number of pyridine rings is 1. The Labute approximate surface area is 113 Å². The third-order valence-electron chi connectivity index (χ3n) is 3.41. The fourth-order valence-electron chi connectivity index (χ4n) is 2.19. The van der Waals surface area contributed by atoms with Crippen LogP contribution in [0.2, 0.25) is 0 Å². The molecule has 1 aliphatic carbocycles. The zero-order valence-corrected chi connectivity index (χ0v) is 11.5. The summed E-state index contributed by atoms with van der Waals surface area (Å²) < 4.78 is 0.965. The Bertz CT molecular complexity index is 662. The number of halogens is 1. The average molecular weight is 306 g/mol. The van der Waals surface area contributed by atoms with E-state index in [9.17, 15) is 9.90 Å². The first-order chi connectivity index (χ1) is 8.58. The molecule has 0 spiro atoms. The maximum absolute atomic E-state index is 11.4. The minimum absolute atomic E-state index is 0.359. The van der Waals surface area contributed by atoms with E-state index in [2.05, 4.69) is 20.9 Å². The largest absolute Gasteiger partial charge is 0.478 e. The Morgan fingerprint density at radius 1 is 1.44 bits per heavy atom. The molecule has 0 amide bonds. The zero-order valence-electron chi connectivity index (χ0n) is 9.90. The molecule has 0 aliphatic heterocycles. The first-order valence-corrected chi connectivity index (χ1v) is 6.70. The van der Waals surface area contributed by atoms with Crippen LogP contribution in [0.3, 0.4) is 0 Å². The highest BCUT2D eigenvalue weighted by Gasteiger charge is 2.27. The Kier molecular flexibility index (Phi) is 2.63. The fourth-order valence-corrected chi connectivity index (χ4v) is 2.51. The number of nitrogens with zero attached hydrogens (tertiary/aromatic N) is 1. The van der Waals surface area contributed by atoms with E-state index in [1.165, 1.54) is 0 Å². The van der Waals surface area contributed by atoms with Gasteiger partial charge in [0, 0.05) is 21.5 Å². The summed E-state index contributed by atoms with van der Waals surface area (Å²) in [5.74, 6) is -0.433. The van der Waals surface area contributed by atoms with E-state index in [0.29, 0.717) is 16.9 Å². The highest BCUT2D eigenvalue weighted by molar-refractivity contribution is 9.10. The Morgan fingerprint density at radius 2 is 2.17 bits per heavy atom. The Balaban J connectivity index is 2.37. The van der Waals surface area contributed by atoms with Crippen LogP contribution in [0.4, 0.5) is 0 Å². The van der Waals surface area contributed by atoms with E-state index in [1.54, 1.807) is 6.07 Å². The van der Waals surface area contributed by atoms with Crippen LogP contribution < -0.4 is 0 Å². The van der Waals surface area contributed by atoms with Crippen molar-refractivity contribution in [2.75, 3.05) is 0 Å². The van der Waals surface area contributed by atoms with E-state index >= 15 is 0 Å². The van der Waals surface area contributed by atoms with Gasteiger partial charge in [-0.25, -0.2) is 4.79 Å². The molecule has 0 atom stereocenters. The third-order valence-corrected chi connectivity index (χ3v) is 4.27.